The van der Waals surface area contributed by atoms with Gasteiger partial charge in [0.05, 0.1) is 18.4 Å². The maximum Gasteiger partial charge on any atom is 0.387 e. The number of halogens is 5. The highest BCUT2D eigenvalue weighted by atomic mass is 35.5. The Kier molecular flexibility index (Phi) is 9.43. The van der Waals surface area contributed by atoms with Crippen molar-refractivity contribution in [2.24, 2.45) is 0 Å². The lowest BCUT2D eigenvalue weighted by molar-refractivity contribution is -0.0493. The highest BCUT2D eigenvalue weighted by molar-refractivity contribution is 6.30. The van der Waals surface area contributed by atoms with Crippen LogP contribution in [0.3, 0.4) is 0 Å². The van der Waals surface area contributed by atoms with Crippen LogP contribution in [0.4, 0.5) is 28.0 Å². The first-order chi connectivity index (χ1) is 18.3. The second-order valence-electron chi connectivity index (χ2n) is 8.64. The van der Waals surface area contributed by atoms with Crippen LogP contribution in [0.15, 0.2) is 66.7 Å². The van der Waals surface area contributed by atoms with Crippen LogP contribution >= 0.6 is 11.6 Å². The molecular formula is C27H26ClF4N3O3. The molecule has 0 spiro atoms. The number of nitrogens with one attached hydrogen (secondary N) is 1. The van der Waals surface area contributed by atoms with Crippen LogP contribution in [0.25, 0.3) is 0 Å². The number of alkyl halides is 2. The maximum atomic E-state index is 14.1. The van der Waals surface area contributed by atoms with Crippen LogP contribution in [0.1, 0.15) is 17.2 Å². The van der Waals surface area contributed by atoms with Crippen molar-refractivity contribution in [2.75, 3.05) is 38.0 Å². The molecule has 1 aliphatic heterocycles. The average molecular weight is 552 g/mol. The minimum Gasteiger partial charge on any atom is -0.433 e. The first-order valence-electron chi connectivity index (χ1n) is 11.9. The monoisotopic (exact) mass is 551 g/mol. The molecule has 0 unspecified atom stereocenters. The van der Waals surface area contributed by atoms with Gasteiger partial charge in [-0.2, -0.15) is 8.78 Å². The zero-order valence-electron chi connectivity index (χ0n) is 20.3. The van der Waals surface area contributed by atoms with Gasteiger partial charge >= 0.3 is 12.6 Å². The molecule has 0 bridgehead atoms. The van der Waals surface area contributed by atoms with Crippen LogP contribution in [-0.2, 0) is 11.3 Å². The Hall–Kier alpha value is -3.34. The second kappa shape index (κ2) is 12.9. The van der Waals surface area contributed by atoms with Gasteiger partial charge in [0.2, 0.25) is 0 Å². The Labute approximate surface area is 222 Å². The molecule has 2 amide bonds. The van der Waals surface area contributed by atoms with Gasteiger partial charge in [-0.3, -0.25) is 4.90 Å². The molecule has 1 atom stereocenters. The van der Waals surface area contributed by atoms with E-state index in [1.165, 1.54) is 36.4 Å². The summed E-state index contributed by atoms with van der Waals surface area (Å²) < 4.78 is 64.1. The molecule has 11 heteroatoms. The largest absolute Gasteiger partial charge is 0.433 e. The smallest absolute Gasteiger partial charge is 0.387 e. The van der Waals surface area contributed by atoms with Crippen molar-refractivity contribution in [2.45, 2.75) is 19.3 Å². The molecule has 0 aliphatic carbocycles. The van der Waals surface area contributed by atoms with Gasteiger partial charge in [0.15, 0.2) is 0 Å². The van der Waals surface area contributed by atoms with Gasteiger partial charge in [-0.25, -0.2) is 13.6 Å². The number of anilines is 1. The van der Waals surface area contributed by atoms with Crippen molar-refractivity contribution in [3.8, 4) is 5.75 Å². The Balaban J connectivity index is 1.37. The number of benzene rings is 3. The molecule has 0 radical (unpaired) electrons. The standard InChI is InChI=1S/C27H26ClF4N3O3/c28-19-10-8-18(9-11-19)25(37-17-20-21(29)4-3-5-22(20)30)16-34-12-14-35(15-13-34)27(36)33-23-6-1-2-7-24(23)38-26(31)32/h1-11,25-26H,12-17H2,(H,33,36)/t25-/m1/s1. The third kappa shape index (κ3) is 7.37. The van der Waals surface area contributed by atoms with E-state index in [4.69, 9.17) is 16.3 Å². The van der Waals surface area contributed by atoms with Crippen molar-refractivity contribution in [1.29, 1.82) is 0 Å². The Morgan fingerprint density at radius 1 is 0.921 bits per heavy atom. The molecule has 1 N–H and O–H groups in total. The molecule has 1 saturated heterocycles. The highest BCUT2D eigenvalue weighted by Gasteiger charge is 2.25. The Bertz CT molecular complexity index is 1200. The Morgan fingerprint density at radius 3 is 2.24 bits per heavy atom. The molecule has 0 saturated carbocycles. The summed E-state index contributed by atoms with van der Waals surface area (Å²) in [5.41, 5.74) is 0.794. The number of nitrogens with zero attached hydrogens (tertiary/aromatic N) is 2. The number of carbonyl (C=O) groups is 1. The van der Waals surface area contributed by atoms with Gasteiger partial charge in [-0.1, -0.05) is 41.9 Å². The van der Waals surface area contributed by atoms with Crippen LogP contribution in [-0.4, -0.2) is 55.2 Å². The van der Waals surface area contributed by atoms with Crippen LogP contribution in [0.2, 0.25) is 5.02 Å². The van der Waals surface area contributed by atoms with Crippen molar-refractivity contribution in [3.05, 3.63) is 94.5 Å². The number of carbonyl (C=O) groups excluding carboxylic acids is 1. The summed E-state index contributed by atoms with van der Waals surface area (Å²) in [6.45, 7) is -1.10. The summed E-state index contributed by atoms with van der Waals surface area (Å²) in [6.07, 6.45) is -0.509. The number of hydrogen-bond acceptors (Lipinski definition) is 4. The maximum absolute atomic E-state index is 14.1. The first-order valence-corrected chi connectivity index (χ1v) is 12.3. The molecular weight excluding hydrogens is 526 g/mol. The minimum atomic E-state index is -3.01. The lowest BCUT2D eigenvalue weighted by Gasteiger charge is -2.36. The Morgan fingerprint density at radius 2 is 1.58 bits per heavy atom. The summed E-state index contributed by atoms with van der Waals surface area (Å²) in [4.78, 5) is 16.4. The predicted octanol–water partition coefficient (Wildman–Crippen LogP) is 6.33. The molecule has 0 aromatic heterocycles. The number of amides is 2. The van der Waals surface area contributed by atoms with E-state index in [2.05, 4.69) is 15.0 Å². The minimum absolute atomic E-state index is 0.122. The van der Waals surface area contributed by atoms with Crippen molar-refractivity contribution >= 4 is 23.3 Å². The summed E-state index contributed by atoms with van der Waals surface area (Å²) >= 11 is 6.02. The van der Waals surface area contributed by atoms with E-state index < -0.39 is 30.4 Å². The van der Waals surface area contributed by atoms with Gasteiger partial charge in [0.1, 0.15) is 17.4 Å². The average Bonchev–Trinajstić information content (AvgIpc) is 2.89. The van der Waals surface area contributed by atoms with E-state index in [-0.39, 0.29) is 23.6 Å². The highest BCUT2D eigenvalue weighted by Crippen LogP contribution is 2.27. The molecule has 4 rings (SSSR count). The zero-order valence-corrected chi connectivity index (χ0v) is 21.0. The molecule has 38 heavy (non-hydrogen) atoms. The third-order valence-corrected chi connectivity index (χ3v) is 6.41. The first kappa shape index (κ1) is 27.7. The number of ether oxygens (including phenoxy) is 2. The summed E-state index contributed by atoms with van der Waals surface area (Å²) in [5, 5.41) is 3.17. The summed E-state index contributed by atoms with van der Waals surface area (Å²) in [7, 11) is 0. The van der Waals surface area contributed by atoms with Crippen LogP contribution in [0.5, 0.6) is 5.75 Å². The van der Waals surface area contributed by atoms with Crippen molar-refractivity contribution in [1.82, 2.24) is 9.80 Å². The molecule has 202 valence electrons. The molecule has 6 nitrogen and oxygen atoms in total. The SMILES string of the molecule is O=C(Nc1ccccc1OC(F)F)N1CCN(C[C@@H](OCc2c(F)cccc2F)c2ccc(Cl)cc2)CC1. The van der Waals surface area contributed by atoms with Gasteiger partial charge in [-0.15, -0.1) is 0 Å². The van der Waals surface area contributed by atoms with Crippen LogP contribution in [0, 0.1) is 11.6 Å². The number of piperazine rings is 1. The second-order valence-corrected chi connectivity index (χ2v) is 9.08. The fourth-order valence-electron chi connectivity index (χ4n) is 4.12. The van der Waals surface area contributed by atoms with E-state index in [0.717, 1.165) is 5.56 Å². The predicted molar refractivity (Wildman–Crippen MR) is 135 cm³/mol. The normalized spacial score (nSPS) is 14.9. The van der Waals surface area contributed by atoms with Gasteiger partial charge in [0, 0.05) is 43.3 Å². The topological polar surface area (TPSA) is 54.0 Å². The summed E-state index contributed by atoms with van der Waals surface area (Å²) in [6, 6.07) is 16.2. The lowest BCUT2D eigenvalue weighted by atomic mass is 10.1. The van der Waals surface area contributed by atoms with Gasteiger partial charge in [-0.05, 0) is 42.0 Å². The number of para-hydroxylation sites is 2. The number of rotatable bonds is 9. The number of urea groups is 1. The van der Waals surface area contributed by atoms with E-state index >= 15 is 0 Å². The zero-order chi connectivity index (χ0) is 27.1. The summed E-state index contributed by atoms with van der Waals surface area (Å²) in [5.74, 6) is -1.48. The van der Waals surface area contributed by atoms with E-state index in [0.29, 0.717) is 37.7 Å². The van der Waals surface area contributed by atoms with Crippen molar-refractivity contribution < 1.29 is 31.8 Å². The molecule has 3 aromatic carbocycles. The third-order valence-electron chi connectivity index (χ3n) is 6.16. The van der Waals surface area contributed by atoms with E-state index in [1.54, 1.807) is 35.2 Å². The van der Waals surface area contributed by atoms with Gasteiger partial charge in [0.25, 0.3) is 0 Å². The van der Waals surface area contributed by atoms with Crippen molar-refractivity contribution in [3.63, 3.8) is 0 Å². The molecule has 3 aromatic rings. The van der Waals surface area contributed by atoms with E-state index in [9.17, 15) is 22.4 Å². The number of hydrogen-bond donors (Lipinski definition) is 1. The quantitative estimate of drug-likeness (QED) is 0.316. The molecule has 1 aliphatic rings. The van der Waals surface area contributed by atoms with E-state index in [1.807, 2.05) is 0 Å². The fourth-order valence-corrected chi connectivity index (χ4v) is 4.24. The fraction of sp³-hybridized carbons (Fsp3) is 0.296. The molecule has 1 heterocycles. The van der Waals surface area contributed by atoms with Crippen LogP contribution < -0.4 is 10.1 Å². The van der Waals surface area contributed by atoms with Gasteiger partial charge < -0.3 is 19.7 Å². The lowest BCUT2D eigenvalue weighted by Crippen LogP contribution is -2.50. The molecule has 1 fully saturated rings.